The second-order valence-electron chi connectivity index (χ2n) is 6.08. The van der Waals surface area contributed by atoms with Gasteiger partial charge >= 0.3 is 0 Å². The van der Waals surface area contributed by atoms with E-state index in [0.717, 1.165) is 31.4 Å². The summed E-state index contributed by atoms with van der Waals surface area (Å²) in [6.45, 7) is 1.84. The molecule has 4 nitrogen and oxygen atoms in total. The van der Waals surface area contributed by atoms with Gasteiger partial charge in [-0.1, -0.05) is 42.5 Å². The van der Waals surface area contributed by atoms with Crippen molar-refractivity contribution in [1.29, 1.82) is 0 Å². The molecule has 116 valence electrons. The summed E-state index contributed by atoms with van der Waals surface area (Å²) >= 11 is 0. The standard InChI is InChI=1S/C19H19N3O/c23-18-16-8-4-5-9-17(16)20-19(21-18)22-12-10-15(11-13-22)14-6-2-1-3-7-14/h1-9,15H,10-13H2,(H,20,21,23). The van der Waals surface area contributed by atoms with Gasteiger partial charge in [-0.3, -0.25) is 9.78 Å². The van der Waals surface area contributed by atoms with Crippen molar-refractivity contribution < 1.29 is 0 Å². The molecule has 1 aliphatic heterocycles. The van der Waals surface area contributed by atoms with E-state index in [1.807, 2.05) is 24.3 Å². The first-order chi connectivity index (χ1) is 11.3. The van der Waals surface area contributed by atoms with Crippen LogP contribution < -0.4 is 10.5 Å². The Labute approximate surface area is 134 Å². The van der Waals surface area contributed by atoms with Crippen LogP contribution in [0.25, 0.3) is 10.9 Å². The molecule has 0 spiro atoms. The quantitative estimate of drug-likeness (QED) is 0.790. The van der Waals surface area contributed by atoms with Gasteiger partial charge in [0.1, 0.15) is 0 Å². The lowest BCUT2D eigenvalue weighted by Gasteiger charge is -2.32. The Balaban J connectivity index is 1.56. The van der Waals surface area contributed by atoms with Crippen LogP contribution in [-0.2, 0) is 0 Å². The van der Waals surface area contributed by atoms with Crippen molar-refractivity contribution in [2.75, 3.05) is 18.0 Å². The van der Waals surface area contributed by atoms with Crippen LogP contribution in [0.2, 0.25) is 0 Å². The second-order valence-corrected chi connectivity index (χ2v) is 6.08. The minimum Gasteiger partial charge on any atom is -0.342 e. The highest BCUT2D eigenvalue weighted by Crippen LogP contribution is 2.29. The van der Waals surface area contributed by atoms with Gasteiger partial charge in [-0.2, -0.15) is 0 Å². The molecule has 0 aliphatic carbocycles. The van der Waals surface area contributed by atoms with E-state index in [-0.39, 0.29) is 5.56 Å². The van der Waals surface area contributed by atoms with Gasteiger partial charge in [0.15, 0.2) is 0 Å². The third kappa shape index (κ3) is 2.72. The van der Waals surface area contributed by atoms with Crippen LogP contribution >= 0.6 is 0 Å². The Morgan fingerprint density at radius 2 is 1.65 bits per heavy atom. The van der Waals surface area contributed by atoms with E-state index in [4.69, 9.17) is 0 Å². The lowest BCUT2D eigenvalue weighted by Crippen LogP contribution is -2.35. The predicted molar refractivity (Wildman–Crippen MR) is 93.0 cm³/mol. The SMILES string of the molecule is O=c1[nH]c(N2CCC(c3ccccc3)CC2)nc2ccccc12. The van der Waals surface area contributed by atoms with E-state index in [1.54, 1.807) is 0 Å². The summed E-state index contributed by atoms with van der Waals surface area (Å²) in [4.78, 5) is 22.0. The molecule has 1 saturated heterocycles. The van der Waals surface area contributed by atoms with Gasteiger partial charge in [-0.25, -0.2) is 4.98 Å². The normalized spacial score (nSPS) is 15.9. The largest absolute Gasteiger partial charge is 0.342 e. The molecular formula is C19H19N3O. The van der Waals surface area contributed by atoms with Crippen LogP contribution in [0, 0.1) is 0 Å². The summed E-state index contributed by atoms with van der Waals surface area (Å²) < 4.78 is 0. The summed E-state index contributed by atoms with van der Waals surface area (Å²) in [5, 5.41) is 0.649. The summed E-state index contributed by atoms with van der Waals surface area (Å²) in [7, 11) is 0. The first kappa shape index (κ1) is 14.0. The smallest absolute Gasteiger partial charge is 0.260 e. The summed E-state index contributed by atoms with van der Waals surface area (Å²) in [6, 6.07) is 18.2. The molecule has 1 aromatic heterocycles. The van der Waals surface area contributed by atoms with Gasteiger partial charge in [-0.15, -0.1) is 0 Å². The monoisotopic (exact) mass is 305 g/mol. The number of hydrogen-bond acceptors (Lipinski definition) is 3. The van der Waals surface area contributed by atoms with Crippen LogP contribution in [0.15, 0.2) is 59.4 Å². The number of rotatable bonds is 2. The molecule has 4 heteroatoms. The molecule has 0 amide bonds. The Bertz CT molecular complexity index is 864. The summed E-state index contributed by atoms with van der Waals surface area (Å²) in [5.41, 5.74) is 2.11. The molecule has 23 heavy (non-hydrogen) atoms. The maximum absolute atomic E-state index is 12.2. The average molecular weight is 305 g/mol. The van der Waals surface area contributed by atoms with Crippen molar-refractivity contribution in [2.45, 2.75) is 18.8 Å². The van der Waals surface area contributed by atoms with Crippen LogP contribution in [0.3, 0.4) is 0 Å². The Morgan fingerprint density at radius 3 is 2.43 bits per heavy atom. The lowest BCUT2D eigenvalue weighted by molar-refractivity contribution is 0.499. The second kappa shape index (κ2) is 5.88. The minimum atomic E-state index is -0.0595. The molecule has 2 heterocycles. The van der Waals surface area contributed by atoms with Crippen molar-refractivity contribution in [3.8, 4) is 0 Å². The van der Waals surface area contributed by atoms with Crippen LogP contribution in [0.4, 0.5) is 5.95 Å². The van der Waals surface area contributed by atoms with E-state index >= 15 is 0 Å². The molecule has 0 unspecified atom stereocenters. The van der Waals surface area contributed by atoms with Crippen molar-refractivity contribution in [3.05, 3.63) is 70.5 Å². The highest BCUT2D eigenvalue weighted by atomic mass is 16.1. The van der Waals surface area contributed by atoms with Gasteiger partial charge in [0.05, 0.1) is 10.9 Å². The zero-order valence-corrected chi connectivity index (χ0v) is 12.9. The fraction of sp³-hybridized carbons (Fsp3) is 0.263. The number of benzene rings is 2. The van der Waals surface area contributed by atoms with E-state index < -0.39 is 0 Å². The zero-order valence-electron chi connectivity index (χ0n) is 12.9. The number of aromatic amines is 1. The Kier molecular flexibility index (Phi) is 3.58. The number of nitrogens with one attached hydrogen (secondary N) is 1. The molecule has 1 aliphatic rings. The highest BCUT2D eigenvalue weighted by molar-refractivity contribution is 5.78. The average Bonchev–Trinajstić information content (AvgIpc) is 2.63. The number of aromatic nitrogens is 2. The van der Waals surface area contributed by atoms with Gasteiger partial charge in [-0.05, 0) is 36.5 Å². The molecule has 2 aromatic carbocycles. The maximum Gasteiger partial charge on any atom is 0.260 e. The molecular weight excluding hydrogens is 286 g/mol. The van der Waals surface area contributed by atoms with E-state index in [1.165, 1.54) is 5.56 Å². The highest BCUT2D eigenvalue weighted by Gasteiger charge is 2.22. The number of piperidine rings is 1. The number of anilines is 1. The molecule has 0 radical (unpaired) electrons. The molecule has 3 aromatic rings. The summed E-state index contributed by atoms with van der Waals surface area (Å²) in [5.74, 6) is 1.29. The third-order valence-electron chi connectivity index (χ3n) is 4.67. The van der Waals surface area contributed by atoms with Crippen LogP contribution in [0.5, 0.6) is 0 Å². The number of H-pyrrole nitrogens is 1. The fourth-order valence-electron chi connectivity index (χ4n) is 3.37. The number of para-hydroxylation sites is 1. The van der Waals surface area contributed by atoms with Crippen LogP contribution in [0.1, 0.15) is 24.3 Å². The molecule has 0 bridgehead atoms. The van der Waals surface area contributed by atoms with Crippen molar-refractivity contribution in [2.24, 2.45) is 0 Å². The molecule has 4 rings (SSSR count). The van der Waals surface area contributed by atoms with Crippen molar-refractivity contribution in [3.63, 3.8) is 0 Å². The number of nitrogens with zero attached hydrogens (tertiary/aromatic N) is 2. The predicted octanol–water partition coefficient (Wildman–Crippen LogP) is 3.31. The molecule has 0 atom stereocenters. The number of fused-ring (bicyclic) bond motifs is 1. The molecule has 1 N–H and O–H groups in total. The van der Waals surface area contributed by atoms with Crippen LogP contribution in [-0.4, -0.2) is 23.1 Å². The third-order valence-corrected chi connectivity index (χ3v) is 4.67. The Morgan fingerprint density at radius 1 is 0.957 bits per heavy atom. The zero-order chi connectivity index (χ0) is 15.6. The van der Waals surface area contributed by atoms with Crippen molar-refractivity contribution >= 4 is 16.9 Å². The van der Waals surface area contributed by atoms with E-state index in [2.05, 4.69) is 45.2 Å². The van der Waals surface area contributed by atoms with Crippen molar-refractivity contribution in [1.82, 2.24) is 9.97 Å². The van der Waals surface area contributed by atoms with Gasteiger partial charge in [0.2, 0.25) is 5.95 Å². The van der Waals surface area contributed by atoms with E-state index in [0.29, 0.717) is 17.3 Å². The number of hydrogen-bond donors (Lipinski definition) is 1. The van der Waals surface area contributed by atoms with E-state index in [9.17, 15) is 4.79 Å². The summed E-state index contributed by atoms with van der Waals surface area (Å²) in [6.07, 6.45) is 2.17. The minimum absolute atomic E-state index is 0.0595. The maximum atomic E-state index is 12.2. The van der Waals surface area contributed by atoms with Gasteiger partial charge in [0, 0.05) is 13.1 Å². The van der Waals surface area contributed by atoms with Gasteiger partial charge in [0.25, 0.3) is 5.56 Å². The lowest BCUT2D eigenvalue weighted by atomic mass is 9.90. The molecule has 1 fully saturated rings. The molecule has 0 saturated carbocycles. The fourth-order valence-corrected chi connectivity index (χ4v) is 3.37. The first-order valence-corrected chi connectivity index (χ1v) is 8.10. The Hall–Kier alpha value is -2.62. The van der Waals surface area contributed by atoms with Gasteiger partial charge < -0.3 is 4.90 Å². The topological polar surface area (TPSA) is 49.0 Å². The first-order valence-electron chi connectivity index (χ1n) is 8.10.